The molecule has 2 nitrogen and oxygen atoms in total. The van der Waals surface area contributed by atoms with E-state index >= 15 is 0 Å². The summed E-state index contributed by atoms with van der Waals surface area (Å²) in [7, 11) is 0. The van der Waals surface area contributed by atoms with E-state index in [0.717, 1.165) is 22.7 Å². The molecule has 10 aromatic rings. The molecular weight excluding hydrogens is 713 g/mol. The van der Waals surface area contributed by atoms with Gasteiger partial charge >= 0.3 is 0 Å². The first-order valence-electron chi connectivity index (χ1n) is 20.5. The summed E-state index contributed by atoms with van der Waals surface area (Å²) >= 11 is 0. The number of fused-ring (bicyclic) bond motifs is 6. The Balaban J connectivity index is 1.03. The van der Waals surface area contributed by atoms with Crippen LogP contribution >= 0.6 is 0 Å². The van der Waals surface area contributed by atoms with Crippen LogP contribution in [0.1, 0.15) is 25.0 Å². The maximum absolute atomic E-state index is 2.42. The number of hydrogen-bond donors (Lipinski definition) is 0. The first-order valence-corrected chi connectivity index (χ1v) is 20.5. The molecule has 0 bridgehead atoms. The van der Waals surface area contributed by atoms with Crippen LogP contribution in [0.5, 0.6) is 0 Å². The summed E-state index contributed by atoms with van der Waals surface area (Å²) < 4.78 is 2.41. The number of para-hydroxylation sites is 1. The normalized spacial score (nSPS) is 12.7. The Morgan fingerprint density at radius 3 is 1.68 bits per heavy atom. The Bertz CT molecular complexity index is 3170. The van der Waals surface area contributed by atoms with Crippen LogP contribution in [0.25, 0.3) is 72.0 Å². The molecule has 0 radical (unpaired) electrons. The van der Waals surface area contributed by atoms with E-state index in [1.807, 2.05) is 0 Å². The van der Waals surface area contributed by atoms with Gasteiger partial charge in [0, 0.05) is 38.9 Å². The molecule has 0 amide bonds. The van der Waals surface area contributed by atoms with E-state index in [-0.39, 0.29) is 5.41 Å². The van der Waals surface area contributed by atoms with Gasteiger partial charge in [-0.05, 0) is 122 Å². The maximum Gasteiger partial charge on any atom is 0.0541 e. The van der Waals surface area contributed by atoms with Crippen LogP contribution in [0.4, 0.5) is 17.1 Å². The van der Waals surface area contributed by atoms with Gasteiger partial charge in [0.2, 0.25) is 0 Å². The summed E-state index contributed by atoms with van der Waals surface area (Å²) in [5.41, 5.74) is 19.4. The summed E-state index contributed by atoms with van der Waals surface area (Å²) in [6.07, 6.45) is 0. The van der Waals surface area contributed by atoms with Crippen molar-refractivity contribution >= 4 is 38.9 Å². The largest absolute Gasteiger partial charge is 0.310 e. The van der Waals surface area contributed by atoms with Crippen LogP contribution in [0, 0.1) is 0 Å². The van der Waals surface area contributed by atoms with E-state index in [1.165, 1.54) is 77.4 Å². The summed E-state index contributed by atoms with van der Waals surface area (Å²) in [6, 6.07) is 79.8. The monoisotopic (exact) mass is 754 g/mol. The lowest BCUT2D eigenvalue weighted by atomic mass is 9.82. The second-order valence-electron chi connectivity index (χ2n) is 16.2. The molecular formula is C57H42N2. The average molecular weight is 755 g/mol. The Hall–Kier alpha value is -7.42. The molecule has 1 aliphatic carbocycles. The van der Waals surface area contributed by atoms with Crippen molar-refractivity contribution in [3.63, 3.8) is 0 Å². The molecule has 1 aromatic heterocycles. The van der Waals surface area contributed by atoms with E-state index in [9.17, 15) is 0 Å². The smallest absolute Gasteiger partial charge is 0.0541 e. The topological polar surface area (TPSA) is 8.17 Å². The minimum atomic E-state index is -0.107. The van der Waals surface area contributed by atoms with Crippen molar-refractivity contribution < 1.29 is 0 Å². The van der Waals surface area contributed by atoms with Crippen LogP contribution in [-0.2, 0) is 5.41 Å². The molecule has 0 aliphatic heterocycles. The first kappa shape index (κ1) is 34.8. The zero-order valence-corrected chi connectivity index (χ0v) is 33.2. The standard InChI is InChI=1S/C57H42N2/c1-57(2)53-25-11-9-23-49(53)50-33-32-48(38-54(50)57)58(45-30-27-41(28-31-45)39-15-5-3-6-16-39)46-21-14-20-43(36-46)44-29-34-56-52(37-44)51-24-10-12-26-55(51)59(56)47-22-13-19-42(35-47)40-17-7-4-8-18-40/h3-38H,1-2H3. The fourth-order valence-electron chi connectivity index (χ4n) is 9.42. The zero-order chi connectivity index (χ0) is 39.5. The molecule has 1 heterocycles. The third kappa shape index (κ3) is 5.87. The highest BCUT2D eigenvalue weighted by Gasteiger charge is 2.35. The van der Waals surface area contributed by atoms with Crippen molar-refractivity contribution in [1.82, 2.24) is 4.57 Å². The molecule has 0 saturated carbocycles. The predicted molar refractivity (Wildman–Crippen MR) is 249 cm³/mol. The van der Waals surface area contributed by atoms with E-state index in [4.69, 9.17) is 0 Å². The van der Waals surface area contributed by atoms with Gasteiger partial charge in [0.25, 0.3) is 0 Å². The first-order chi connectivity index (χ1) is 29.0. The number of benzene rings is 9. The van der Waals surface area contributed by atoms with Gasteiger partial charge in [-0.15, -0.1) is 0 Å². The summed E-state index contributed by atoms with van der Waals surface area (Å²) in [5, 5.41) is 2.48. The van der Waals surface area contributed by atoms with Gasteiger partial charge < -0.3 is 9.47 Å². The highest BCUT2D eigenvalue weighted by atomic mass is 15.1. The van der Waals surface area contributed by atoms with Crippen molar-refractivity contribution in [3.8, 4) is 50.2 Å². The van der Waals surface area contributed by atoms with E-state index in [1.54, 1.807) is 0 Å². The van der Waals surface area contributed by atoms with Crippen molar-refractivity contribution in [2.45, 2.75) is 19.3 Å². The van der Waals surface area contributed by atoms with Gasteiger partial charge in [-0.1, -0.05) is 166 Å². The lowest BCUT2D eigenvalue weighted by Gasteiger charge is -2.28. The molecule has 11 rings (SSSR count). The molecule has 0 atom stereocenters. The fraction of sp³-hybridized carbons (Fsp3) is 0.0526. The third-order valence-corrected chi connectivity index (χ3v) is 12.4. The summed E-state index contributed by atoms with van der Waals surface area (Å²) in [6.45, 7) is 4.71. The Morgan fingerprint density at radius 2 is 0.881 bits per heavy atom. The average Bonchev–Trinajstić information content (AvgIpc) is 3.75. The van der Waals surface area contributed by atoms with Gasteiger partial charge in [0.15, 0.2) is 0 Å². The molecule has 0 saturated heterocycles. The second kappa shape index (κ2) is 13.9. The maximum atomic E-state index is 2.42. The minimum Gasteiger partial charge on any atom is -0.310 e. The Labute approximate surface area is 345 Å². The SMILES string of the molecule is CC1(C)c2ccccc2-c2ccc(N(c3ccc(-c4ccccc4)cc3)c3cccc(-c4ccc5c(c4)c4ccccc4n5-c4cccc(-c5ccccc5)c4)c3)cc21. The number of anilines is 3. The Kier molecular flexibility index (Phi) is 8.20. The highest BCUT2D eigenvalue weighted by Crippen LogP contribution is 2.51. The third-order valence-electron chi connectivity index (χ3n) is 12.4. The zero-order valence-electron chi connectivity index (χ0n) is 33.2. The van der Waals surface area contributed by atoms with Crippen LogP contribution < -0.4 is 4.90 Å². The molecule has 9 aromatic carbocycles. The Morgan fingerprint density at radius 1 is 0.339 bits per heavy atom. The predicted octanol–water partition coefficient (Wildman–Crippen LogP) is 15.6. The summed E-state index contributed by atoms with van der Waals surface area (Å²) in [4.78, 5) is 2.42. The van der Waals surface area contributed by atoms with Crippen molar-refractivity contribution in [3.05, 3.63) is 230 Å². The van der Waals surface area contributed by atoms with Gasteiger partial charge in [-0.25, -0.2) is 0 Å². The highest BCUT2D eigenvalue weighted by molar-refractivity contribution is 6.10. The van der Waals surface area contributed by atoms with Crippen molar-refractivity contribution in [1.29, 1.82) is 0 Å². The van der Waals surface area contributed by atoms with Crippen LogP contribution in [-0.4, -0.2) is 4.57 Å². The summed E-state index contributed by atoms with van der Waals surface area (Å²) in [5.74, 6) is 0. The molecule has 2 heteroatoms. The number of aromatic nitrogens is 1. The molecule has 59 heavy (non-hydrogen) atoms. The van der Waals surface area contributed by atoms with Crippen molar-refractivity contribution in [2.24, 2.45) is 0 Å². The van der Waals surface area contributed by atoms with Crippen molar-refractivity contribution in [2.75, 3.05) is 4.90 Å². The second-order valence-corrected chi connectivity index (χ2v) is 16.2. The van der Waals surface area contributed by atoms with Crippen LogP contribution in [0.15, 0.2) is 218 Å². The van der Waals surface area contributed by atoms with Gasteiger partial charge in [-0.3, -0.25) is 0 Å². The lowest BCUT2D eigenvalue weighted by molar-refractivity contribution is 0.660. The molecule has 0 spiro atoms. The molecule has 0 N–H and O–H groups in total. The number of nitrogens with zero attached hydrogens (tertiary/aromatic N) is 2. The fourth-order valence-corrected chi connectivity index (χ4v) is 9.42. The lowest BCUT2D eigenvalue weighted by Crippen LogP contribution is -2.16. The minimum absolute atomic E-state index is 0.107. The van der Waals surface area contributed by atoms with E-state index in [0.29, 0.717) is 0 Å². The van der Waals surface area contributed by atoms with E-state index in [2.05, 4.69) is 242 Å². The van der Waals surface area contributed by atoms with Crippen LogP contribution in [0.3, 0.4) is 0 Å². The quantitative estimate of drug-likeness (QED) is 0.157. The van der Waals surface area contributed by atoms with Crippen LogP contribution in [0.2, 0.25) is 0 Å². The van der Waals surface area contributed by atoms with Gasteiger partial charge in [-0.2, -0.15) is 0 Å². The van der Waals surface area contributed by atoms with Gasteiger partial charge in [0.05, 0.1) is 11.0 Å². The molecule has 0 unspecified atom stereocenters. The molecule has 1 aliphatic rings. The molecule has 280 valence electrons. The van der Waals surface area contributed by atoms with Gasteiger partial charge in [0.1, 0.15) is 0 Å². The number of rotatable bonds is 7. The molecule has 0 fully saturated rings. The number of hydrogen-bond acceptors (Lipinski definition) is 1. The van der Waals surface area contributed by atoms with E-state index < -0.39 is 0 Å².